The summed E-state index contributed by atoms with van der Waals surface area (Å²) in [6.07, 6.45) is -0.708. The molecule has 6 N–H and O–H groups in total. The molecule has 12 heteroatoms. The monoisotopic (exact) mass is 538 g/mol. The van der Waals surface area contributed by atoms with Gasteiger partial charge in [0.15, 0.2) is 0 Å². The number of carboxylic acid groups (broad SMARTS) is 2. The summed E-state index contributed by atoms with van der Waals surface area (Å²) in [7, 11) is 0. The van der Waals surface area contributed by atoms with Gasteiger partial charge >= 0.3 is 11.9 Å². The van der Waals surface area contributed by atoms with Crippen molar-refractivity contribution < 1.29 is 39.0 Å². The number of likely N-dealkylation sites (tertiary alicyclic amines) is 1. The van der Waals surface area contributed by atoms with E-state index in [1.165, 1.54) is 0 Å². The van der Waals surface area contributed by atoms with E-state index in [2.05, 4.69) is 10.6 Å². The summed E-state index contributed by atoms with van der Waals surface area (Å²) in [5.41, 5.74) is 7.96. The second-order valence-electron chi connectivity index (χ2n) is 9.25. The quantitative estimate of drug-likeness (QED) is 0.215. The molecule has 0 spiro atoms. The zero-order valence-corrected chi connectivity index (χ0v) is 21.0. The van der Waals surface area contributed by atoms with Crippen LogP contribution in [-0.4, -0.2) is 69.3 Å². The van der Waals surface area contributed by atoms with Crippen LogP contribution in [0.1, 0.15) is 29.5 Å². The highest BCUT2D eigenvalue weighted by Gasteiger charge is 2.40. The molecule has 0 aliphatic carbocycles. The minimum atomic E-state index is -1.63. The van der Waals surface area contributed by atoms with Crippen LogP contribution in [-0.2, 0) is 48.2 Å². The summed E-state index contributed by atoms with van der Waals surface area (Å²) in [4.78, 5) is 74.6. The fraction of sp³-hybridized carbons (Fsp3) is 0.333. The SMILES string of the molecule is NCc1ccc(CC2CC(=O)N(CC(=O)N[C@@H](CC(=O)O)C(=O)N[C@@H](Cc3ccccc3)C(=O)O)C2=O)cc1. The van der Waals surface area contributed by atoms with E-state index >= 15 is 0 Å². The van der Waals surface area contributed by atoms with Crippen LogP contribution in [0.15, 0.2) is 54.6 Å². The molecule has 1 heterocycles. The van der Waals surface area contributed by atoms with Gasteiger partial charge in [-0.15, -0.1) is 0 Å². The number of carboxylic acids is 2. The van der Waals surface area contributed by atoms with Gasteiger partial charge in [0.2, 0.25) is 23.6 Å². The normalized spacial score (nSPS) is 16.4. The summed E-state index contributed by atoms with van der Waals surface area (Å²) in [5, 5.41) is 23.2. The van der Waals surface area contributed by atoms with Gasteiger partial charge in [-0.05, 0) is 23.1 Å². The molecule has 206 valence electrons. The Balaban J connectivity index is 1.62. The molecular weight excluding hydrogens is 508 g/mol. The van der Waals surface area contributed by atoms with E-state index in [0.717, 1.165) is 16.0 Å². The molecule has 1 aliphatic heterocycles. The minimum absolute atomic E-state index is 0.0667. The lowest BCUT2D eigenvalue weighted by Gasteiger charge is -2.22. The summed E-state index contributed by atoms with van der Waals surface area (Å²) in [6.45, 7) is -0.328. The standard InChI is InChI=1S/C27H30N4O8/c28-14-18-8-6-17(7-9-18)10-19-12-23(33)31(26(19)37)15-22(32)29-20(13-24(34)35)25(36)30-21(27(38)39)11-16-4-2-1-3-5-16/h1-9,19-21H,10-15,28H2,(H,29,32)(H,30,36)(H,34,35)(H,38,39)/t19?,20-,21-/m0/s1. The summed E-state index contributed by atoms with van der Waals surface area (Å²) >= 11 is 0. The summed E-state index contributed by atoms with van der Waals surface area (Å²) in [6, 6.07) is 12.8. The molecule has 2 aromatic rings. The third-order valence-electron chi connectivity index (χ3n) is 6.31. The average molecular weight is 539 g/mol. The molecule has 3 rings (SSSR count). The number of hydrogen-bond acceptors (Lipinski definition) is 7. The number of amides is 4. The molecule has 3 atom stereocenters. The van der Waals surface area contributed by atoms with E-state index in [-0.39, 0.29) is 19.3 Å². The van der Waals surface area contributed by atoms with Gasteiger partial charge in [0.25, 0.3) is 0 Å². The van der Waals surface area contributed by atoms with Crippen molar-refractivity contribution in [2.45, 2.75) is 44.3 Å². The van der Waals surface area contributed by atoms with Gasteiger partial charge in [0, 0.05) is 19.4 Å². The van der Waals surface area contributed by atoms with E-state index in [1.807, 2.05) is 24.3 Å². The highest BCUT2D eigenvalue weighted by molar-refractivity contribution is 6.06. The van der Waals surface area contributed by atoms with Crippen molar-refractivity contribution >= 4 is 35.6 Å². The van der Waals surface area contributed by atoms with E-state index in [4.69, 9.17) is 5.73 Å². The van der Waals surface area contributed by atoms with Crippen LogP contribution in [0.3, 0.4) is 0 Å². The van der Waals surface area contributed by atoms with Crippen LogP contribution in [0.4, 0.5) is 0 Å². The van der Waals surface area contributed by atoms with Gasteiger partial charge in [-0.2, -0.15) is 0 Å². The molecule has 0 radical (unpaired) electrons. The highest BCUT2D eigenvalue weighted by Crippen LogP contribution is 2.23. The van der Waals surface area contributed by atoms with E-state index in [9.17, 15) is 39.0 Å². The first-order chi connectivity index (χ1) is 18.6. The van der Waals surface area contributed by atoms with Gasteiger partial charge in [-0.1, -0.05) is 54.6 Å². The van der Waals surface area contributed by atoms with E-state index in [1.54, 1.807) is 30.3 Å². The Morgan fingerprint density at radius 2 is 1.54 bits per heavy atom. The molecule has 2 aromatic carbocycles. The predicted molar refractivity (Wildman–Crippen MR) is 137 cm³/mol. The molecule has 1 fully saturated rings. The second kappa shape index (κ2) is 13.3. The van der Waals surface area contributed by atoms with Gasteiger partial charge in [0.1, 0.15) is 18.6 Å². The lowest BCUT2D eigenvalue weighted by Crippen LogP contribution is -2.54. The summed E-state index contributed by atoms with van der Waals surface area (Å²) < 4.78 is 0. The minimum Gasteiger partial charge on any atom is -0.481 e. The number of carbonyl (C=O) groups excluding carboxylic acids is 4. The number of nitrogens with zero attached hydrogens (tertiary/aromatic N) is 1. The van der Waals surface area contributed by atoms with E-state index < -0.39 is 66.5 Å². The molecular formula is C27H30N4O8. The topological polar surface area (TPSA) is 196 Å². The molecule has 1 unspecified atom stereocenters. The van der Waals surface area contributed by atoms with Crippen molar-refractivity contribution in [3.05, 3.63) is 71.3 Å². The van der Waals surface area contributed by atoms with Crippen LogP contribution in [0.2, 0.25) is 0 Å². The second-order valence-corrected chi connectivity index (χ2v) is 9.25. The third-order valence-corrected chi connectivity index (χ3v) is 6.31. The number of benzene rings is 2. The Bertz CT molecular complexity index is 1230. The third kappa shape index (κ3) is 8.20. The first-order valence-corrected chi connectivity index (χ1v) is 12.3. The van der Waals surface area contributed by atoms with Crippen LogP contribution in [0.25, 0.3) is 0 Å². The smallest absolute Gasteiger partial charge is 0.326 e. The summed E-state index contributed by atoms with van der Waals surface area (Å²) in [5.74, 6) is -6.49. The number of hydrogen-bond donors (Lipinski definition) is 5. The number of nitrogens with one attached hydrogen (secondary N) is 2. The van der Waals surface area contributed by atoms with Gasteiger partial charge in [-0.3, -0.25) is 28.9 Å². The van der Waals surface area contributed by atoms with Crippen LogP contribution in [0, 0.1) is 5.92 Å². The molecule has 0 bridgehead atoms. The number of carbonyl (C=O) groups is 6. The molecule has 4 amide bonds. The van der Waals surface area contributed by atoms with Crippen LogP contribution < -0.4 is 16.4 Å². The average Bonchev–Trinajstić information content (AvgIpc) is 3.15. The molecule has 39 heavy (non-hydrogen) atoms. The Labute approximate surface area is 224 Å². The Hall–Kier alpha value is -4.58. The van der Waals surface area contributed by atoms with E-state index in [0.29, 0.717) is 12.1 Å². The highest BCUT2D eigenvalue weighted by atomic mass is 16.4. The van der Waals surface area contributed by atoms with Crippen molar-refractivity contribution in [3.63, 3.8) is 0 Å². The molecule has 0 saturated carbocycles. The van der Waals surface area contributed by atoms with Crippen molar-refractivity contribution in [1.82, 2.24) is 15.5 Å². The van der Waals surface area contributed by atoms with Gasteiger partial charge < -0.3 is 26.6 Å². The largest absolute Gasteiger partial charge is 0.481 e. The first-order valence-electron chi connectivity index (χ1n) is 12.3. The van der Waals surface area contributed by atoms with Crippen molar-refractivity contribution in [1.29, 1.82) is 0 Å². The molecule has 1 saturated heterocycles. The number of aliphatic carboxylic acids is 2. The van der Waals surface area contributed by atoms with Gasteiger partial charge in [-0.25, -0.2) is 4.79 Å². The fourth-order valence-corrected chi connectivity index (χ4v) is 4.26. The van der Waals surface area contributed by atoms with Crippen LogP contribution in [0.5, 0.6) is 0 Å². The molecule has 0 aromatic heterocycles. The molecule has 1 aliphatic rings. The van der Waals surface area contributed by atoms with Crippen molar-refractivity contribution in [2.75, 3.05) is 6.54 Å². The van der Waals surface area contributed by atoms with Gasteiger partial charge in [0.05, 0.1) is 12.3 Å². The zero-order chi connectivity index (χ0) is 28.5. The maximum Gasteiger partial charge on any atom is 0.326 e. The Kier molecular flexibility index (Phi) is 9.87. The number of imide groups is 1. The van der Waals surface area contributed by atoms with Crippen molar-refractivity contribution in [2.24, 2.45) is 11.7 Å². The zero-order valence-electron chi connectivity index (χ0n) is 21.0. The predicted octanol–water partition coefficient (Wildman–Crippen LogP) is -0.165. The maximum atomic E-state index is 12.8. The fourth-order valence-electron chi connectivity index (χ4n) is 4.26. The Morgan fingerprint density at radius 1 is 0.897 bits per heavy atom. The first kappa shape index (κ1) is 29.0. The molecule has 12 nitrogen and oxygen atoms in total. The Morgan fingerprint density at radius 3 is 2.13 bits per heavy atom. The lowest BCUT2D eigenvalue weighted by molar-refractivity contribution is -0.146. The lowest BCUT2D eigenvalue weighted by atomic mass is 9.97. The number of nitrogens with two attached hydrogens (primary N) is 1. The van der Waals surface area contributed by atoms with Crippen LogP contribution >= 0.6 is 0 Å². The van der Waals surface area contributed by atoms with Crippen molar-refractivity contribution in [3.8, 4) is 0 Å². The number of rotatable bonds is 13. The maximum absolute atomic E-state index is 12.8.